The molecule has 1 atom stereocenters. The summed E-state index contributed by atoms with van der Waals surface area (Å²) in [5, 5.41) is 2.82. The van der Waals surface area contributed by atoms with Gasteiger partial charge in [-0.15, -0.1) is 0 Å². The molecule has 5 nitrogen and oxygen atoms in total. The number of rotatable bonds is 7. The summed E-state index contributed by atoms with van der Waals surface area (Å²) in [7, 11) is 0. The molecule has 1 fully saturated rings. The second-order valence-corrected chi connectivity index (χ2v) is 7.38. The van der Waals surface area contributed by atoms with Gasteiger partial charge in [0.05, 0.1) is 12.8 Å². The summed E-state index contributed by atoms with van der Waals surface area (Å²) in [6, 6.07) is 11.5. The van der Waals surface area contributed by atoms with Crippen LogP contribution in [0.2, 0.25) is 0 Å². The molecular weight excluding hydrogens is 336 g/mol. The molecule has 0 saturated carbocycles. The molecule has 3 rings (SSSR count). The SMILES string of the molecule is CC(CNC(=O)c1ccco1)Oc1cccc(CN2CCSCC2)c1. The van der Waals surface area contributed by atoms with E-state index < -0.39 is 0 Å². The van der Waals surface area contributed by atoms with Crippen LogP contribution < -0.4 is 10.1 Å². The van der Waals surface area contributed by atoms with Crippen molar-refractivity contribution in [2.45, 2.75) is 19.6 Å². The lowest BCUT2D eigenvalue weighted by Gasteiger charge is -2.26. The fraction of sp³-hybridized carbons (Fsp3) is 0.421. The molecule has 0 spiro atoms. The van der Waals surface area contributed by atoms with Crippen LogP contribution in [0.3, 0.4) is 0 Å². The van der Waals surface area contributed by atoms with E-state index in [0.717, 1.165) is 25.4 Å². The third-order valence-electron chi connectivity index (χ3n) is 4.04. The van der Waals surface area contributed by atoms with Gasteiger partial charge in [-0.05, 0) is 36.8 Å². The summed E-state index contributed by atoms with van der Waals surface area (Å²) < 4.78 is 11.0. The van der Waals surface area contributed by atoms with Crippen LogP contribution in [0.1, 0.15) is 23.0 Å². The number of nitrogens with zero attached hydrogens (tertiary/aromatic N) is 1. The summed E-state index contributed by atoms with van der Waals surface area (Å²) >= 11 is 2.02. The number of hydrogen-bond acceptors (Lipinski definition) is 5. The smallest absolute Gasteiger partial charge is 0.287 e. The van der Waals surface area contributed by atoms with Gasteiger partial charge in [-0.2, -0.15) is 11.8 Å². The summed E-state index contributed by atoms with van der Waals surface area (Å²) in [5.74, 6) is 3.35. The van der Waals surface area contributed by atoms with Crippen LogP contribution in [0.25, 0.3) is 0 Å². The summed E-state index contributed by atoms with van der Waals surface area (Å²) in [4.78, 5) is 14.3. The van der Waals surface area contributed by atoms with Crippen molar-refractivity contribution in [1.29, 1.82) is 0 Å². The van der Waals surface area contributed by atoms with Gasteiger partial charge in [0, 0.05) is 31.1 Å². The number of carbonyl (C=O) groups excluding carboxylic acids is 1. The van der Waals surface area contributed by atoms with E-state index in [4.69, 9.17) is 9.15 Å². The maximum atomic E-state index is 11.9. The number of hydrogen-bond donors (Lipinski definition) is 1. The summed E-state index contributed by atoms with van der Waals surface area (Å²) in [6.45, 7) is 5.61. The van der Waals surface area contributed by atoms with Crippen LogP contribution in [0.4, 0.5) is 0 Å². The predicted octanol–water partition coefficient (Wildman–Crippen LogP) is 3.03. The Balaban J connectivity index is 1.48. The third-order valence-corrected chi connectivity index (χ3v) is 4.98. The van der Waals surface area contributed by atoms with Crippen molar-refractivity contribution in [3.05, 3.63) is 54.0 Å². The van der Waals surface area contributed by atoms with Gasteiger partial charge in [-0.3, -0.25) is 9.69 Å². The van der Waals surface area contributed by atoms with Gasteiger partial charge in [0.1, 0.15) is 11.9 Å². The maximum Gasteiger partial charge on any atom is 0.287 e. The van der Waals surface area contributed by atoms with Crippen molar-refractivity contribution in [3.63, 3.8) is 0 Å². The molecule has 1 N–H and O–H groups in total. The highest BCUT2D eigenvalue weighted by atomic mass is 32.2. The molecular formula is C19H24N2O3S. The average Bonchev–Trinajstić information content (AvgIpc) is 3.16. The quantitative estimate of drug-likeness (QED) is 0.823. The van der Waals surface area contributed by atoms with Crippen LogP contribution >= 0.6 is 11.8 Å². The number of carbonyl (C=O) groups is 1. The minimum atomic E-state index is -0.225. The van der Waals surface area contributed by atoms with Crippen LogP contribution in [0, 0.1) is 0 Å². The summed E-state index contributed by atoms with van der Waals surface area (Å²) in [5.41, 5.74) is 1.26. The molecule has 134 valence electrons. The molecule has 1 aliphatic rings. The maximum absolute atomic E-state index is 11.9. The van der Waals surface area contributed by atoms with Crippen LogP contribution in [0.5, 0.6) is 5.75 Å². The minimum absolute atomic E-state index is 0.124. The molecule has 1 unspecified atom stereocenters. The second kappa shape index (κ2) is 8.97. The van der Waals surface area contributed by atoms with Crippen molar-refractivity contribution >= 4 is 17.7 Å². The van der Waals surface area contributed by atoms with Gasteiger partial charge in [-0.25, -0.2) is 0 Å². The van der Waals surface area contributed by atoms with Gasteiger partial charge < -0.3 is 14.5 Å². The van der Waals surface area contributed by atoms with E-state index >= 15 is 0 Å². The largest absolute Gasteiger partial charge is 0.489 e. The number of furan rings is 1. The predicted molar refractivity (Wildman–Crippen MR) is 100 cm³/mol. The Morgan fingerprint density at radius 3 is 2.92 bits per heavy atom. The Bertz CT molecular complexity index is 669. The molecule has 2 heterocycles. The molecule has 1 amide bonds. The molecule has 0 radical (unpaired) electrons. The molecule has 6 heteroatoms. The average molecular weight is 360 g/mol. The van der Waals surface area contributed by atoms with Crippen LogP contribution in [0.15, 0.2) is 47.1 Å². The first-order valence-electron chi connectivity index (χ1n) is 8.58. The lowest BCUT2D eigenvalue weighted by atomic mass is 10.2. The normalized spacial score (nSPS) is 16.4. The molecule has 2 aromatic rings. The lowest BCUT2D eigenvalue weighted by Crippen LogP contribution is -2.33. The zero-order valence-electron chi connectivity index (χ0n) is 14.4. The highest BCUT2D eigenvalue weighted by Crippen LogP contribution is 2.18. The van der Waals surface area contributed by atoms with E-state index in [9.17, 15) is 4.79 Å². The molecule has 1 saturated heterocycles. The van der Waals surface area contributed by atoms with Crippen molar-refractivity contribution in [2.24, 2.45) is 0 Å². The highest BCUT2D eigenvalue weighted by molar-refractivity contribution is 7.99. The Labute approximate surface area is 152 Å². The fourth-order valence-corrected chi connectivity index (χ4v) is 3.72. The van der Waals surface area contributed by atoms with Gasteiger partial charge in [-0.1, -0.05) is 12.1 Å². The lowest BCUT2D eigenvalue weighted by molar-refractivity contribution is 0.0904. The summed E-state index contributed by atoms with van der Waals surface area (Å²) in [6.07, 6.45) is 1.36. The van der Waals surface area contributed by atoms with Gasteiger partial charge in [0.2, 0.25) is 0 Å². The van der Waals surface area contributed by atoms with Crippen molar-refractivity contribution in [2.75, 3.05) is 31.1 Å². The van der Waals surface area contributed by atoms with E-state index in [0.29, 0.717) is 12.3 Å². The zero-order valence-corrected chi connectivity index (χ0v) is 15.3. The molecule has 25 heavy (non-hydrogen) atoms. The molecule has 0 aliphatic carbocycles. The fourth-order valence-electron chi connectivity index (χ4n) is 2.74. The Morgan fingerprint density at radius 2 is 2.16 bits per heavy atom. The Morgan fingerprint density at radius 1 is 1.32 bits per heavy atom. The van der Waals surface area contributed by atoms with Gasteiger partial charge >= 0.3 is 0 Å². The Kier molecular flexibility index (Phi) is 6.42. The van der Waals surface area contributed by atoms with Crippen LogP contribution in [-0.4, -0.2) is 48.1 Å². The number of amides is 1. The first-order valence-corrected chi connectivity index (χ1v) is 9.73. The topological polar surface area (TPSA) is 54.7 Å². The monoisotopic (exact) mass is 360 g/mol. The van der Waals surface area contributed by atoms with E-state index in [1.165, 1.54) is 23.3 Å². The van der Waals surface area contributed by atoms with Gasteiger partial charge in [0.15, 0.2) is 5.76 Å². The van der Waals surface area contributed by atoms with Crippen LogP contribution in [-0.2, 0) is 6.54 Å². The molecule has 1 aromatic heterocycles. The van der Waals surface area contributed by atoms with Gasteiger partial charge in [0.25, 0.3) is 5.91 Å². The third kappa shape index (κ3) is 5.54. The first-order chi connectivity index (χ1) is 12.2. The number of benzene rings is 1. The first kappa shape index (κ1) is 17.9. The van der Waals surface area contributed by atoms with E-state index in [1.54, 1.807) is 12.1 Å². The molecule has 0 bridgehead atoms. The highest BCUT2D eigenvalue weighted by Gasteiger charge is 2.13. The molecule has 1 aromatic carbocycles. The van der Waals surface area contributed by atoms with E-state index in [2.05, 4.69) is 22.3 Å². The van der Waals surface area contributed by atoms with Crippen molar-refractivity contribution < 1.29 is 13.9 Å². The van der Waals surface area contributed by atoms with E-state index in [1.807, 2.05) is 30.8 Å². The zero-order chi connectivity index (χ0) is 17.5. The van der Waals surface area contributed by atoms with Crippen molar-refractivity contribution in [3.8, 4) is 5.75 Å². The second-order valence-electron chi connectivity index (χ2n) is 6.15. The van der Waals surface area contributed by atoms with Crippen molar-refractivity contribution in [1.82, 2.24) is 10.2 Å². The number of ether oxygens (including phenoxy) is 1. The molecule has 1 aliphatic heterocycles. The number of thioether (sulfide) groups is 1. The van der Waals surface area contributed by atoms with E-state index in [-0.39, 0.29) is 12.0 Å². The standard InChI is InChI=1S/C19H24N2O3S/c1-15(13-20-19(22)18-6-3-9-23-18)24-17-5-2-4-16(12-17)14-21-7-10-25-11-8-21/h2-6,9,12,15H,7-8,10-11,13-14H2,1H3,(H,20,22). The minimum Gasteiger partial charge on any atom is -0.489 e. The Hall–Kier alpha value is -1.92. The number of nitrogens with one attached hydrogen (secondary N) is 1.